The molecule has 2 fully saturated rings. The van der Waals surface area contributed by atoms with E-state index in [4.69, 9.17) is 4.52 Å². The minimum Gasteiger partial charge on any atom is -0.337 e. The standard InChI is InChI=1S/C19H28N4O2/c1-22-11-5-9-15(13-22)17-20-18(25-21-17)16-10-6-12-23(16)19(24)14-7-3-2-4-8-14/h9,14,16H,2-8,10-13H2,1H3/t16-/m0/s1. The molecule has 0 N–H and O–H groups in total. The van der Waals surface area contributed by atoms with Gasteiger partial charge in [0.1, 0.15) is 6.04 Å². The minimum atomic E-state index is -0.0300. The van der Waals surface area contributed by atoms with E-state index in [1.807, 2.05) is 4.90 Å². The van der Waals surface area contributed by atoms with Crippen LogP contribution in [0.25, 0.3) is 5.57 Å². The van der Waals surface area contributed by atoms with Crippen LogP contribution in [0.2, 0.25) is 0 Å². The molecule has 25 heavy (non-hydrogen) atoms. The third kappa shape index (κ3) is 3.50. The molecule has 0 unspecified atom stereocenters. The molecule has 1 atom stereocenters. The Kier molecular flexibility index (Phi) is 4.88. The Bertz CT molecular complexity index is 648. The van der Waals surface area contributed by atoms with Crippen molar-refractivity contribution in [3.05, 3.63) is 17.8 Å². The summed E-state index contributed by atoms with van der Waals surface area (Å²) < 4.78 is 5.59. The van der Waals surface area contributed by atoms with E-state index in [1.165, 1.54) is 19.3 Å². The van der Waals surface area contributed by atoms with E-state index >= 15 is 0 Å². The van der Waals surface area contributed by atoms with Gasteiger partial charge in [-0.25, -0.2) is 0 Å². The minimum absolute atomic E-state index is 0.0300. The van der Waals surface area contributed by atoms with Gasteiger partial charge >= 0.3 is 0 Å². The van der Waals surface area contributed by atoms with Crippen molar-refractivity contribution in [2.24, 2.45) is 5.92 Å². The van der Waals surface area contributed by atoms with E-state index in [2.05, 4.69) is 28.2 Å². The number of likely N-dealkylation sites (N-methyl/N-ethyl adjacent to an activating group) is 1. The Labute approximate surface area is 149 Å². The van der Waals surface area contributed by atoms with E-state index in [0.29, 0.717) is 17.6 Å². The monoisotopic (exact) mass is 344 g/mol. The molecule has 1 saturated carbocycles. The van der Waals surface area contributed by atoms with E-state index < -0.39 is 0 Å². The van der Waals surface area contributed by atoms with Crippen LogP contribution in [0.4, 0.5) is 0 Å². The maximum absolute atomic E-state index is 13.0. The molecule has 1 aromatic heterocycles. The van der Waals surface area contributed by atoms with Gasteiger partial charge in [0.05, 0.1) is 0 Å². The number of amides is 1. The summed E-state index contributed by atoms with van der Waals surface area (Å²) >= 11 is 0. The molecule has 1 aromatic rings. The summed E-state index contributed by atoms with van der Waals surface area (Å²) in [6.45, 7) is 2.75. The van der Waals surface area contributed by atoms with Gasteiger partial charge in [0, 0.05) is 31.1 Å². The number of carbonyl (C=O) groups is 1. The van der Waals surface area contributed by atoms with Crippen LogP contribution >= 0.6 is 0 Å². The van der Waals surface area contributed by atoms with Crippen molar-refractivity contribution in [1.29, 1.82) is 0 Å². The predicted octanol–water partition coefficient (Wildman–Crippen LogP) is 3.03. The molecule has 4 rings (SSSR count). The number of nitrogens with zero attached hydrogens (tertiary/aromatic N) is 4. The van der Waals surface area contributed by atoms with Crippen LogP contribution in [0, 0.1) is 5.92 Å². The van der Waals surface area contributed by atoms with Gasteiger partial charge in [0.25, 0.3) is 0 Å². The first-order chi connectivity index (χ1) is 12.2. The first-order valence-electron chi connectivity index (χ1n) is 9.74. The van der Waals surface area contributed by atoms with Crippen molar-refractivity contribution in [1.82, 2.24) is 19.9 Å². The first-order valence-corrected chi connectivity index (χ1v) is 9.74. The predicted molar refractivity (Wildman–Crippen MR) is 94.7 cm³/mol. The van der Waals surface area contributed by atoms with Crippen molar-refractivity contribution in [2.75, 3.05) is 26.7 Å². The van der Waals surface area contributed by atoms with Crippen LogP contribution in [-0.2, 0) is 4.79 Å². The number of carbonyl (C=O) groups excluding carboxylic acids is 1. The van der Waals surface area contributed by atoms with Crippen LogP contribution < -0.4 is 0 Å². The second-order valence-electron chi connectivity index (χ2n) is 7.74. The van der Waals surface area contributed by atoms with Gasteiger partial charge in [-0.05, 0) is 39.2 Å². The number of likely N-dealkylation sites (tertiary alicyclic amines) is 1. The summed E-state index contributed by atoms with van der Waals surface area (Å²) in [6, 6.07) is -0.0300. The lowest BCUT2D eigenvalue weighted by molar-refractivity contribution is -0.138. The van der Waals surface area contributed by atoms with Crippen LogP contribution in [-0.4, -0.2) is 52.5 Å². The maximum Gasteiger partial charge on any atom is 0.249 e. The van der Waals surface area contributed by atoms with Crippen LogP contribution in [0.15, 0.2) is 10.6 Å². The molecule has 6 nitrogen and oxygen atoms in total. The quantitative estimate of drug-likeness (QED) is 0.843. The second kappa shape index (κ2) is 7.28. The van der Waals surface area contributed by atoms with Crippen LogP contribution in [0.1, 0.15) is 69.1 Å². The highest BCUT2D eigenvalue weighted by Crippen LogP contribution is 2.35. The number of aromatic nitrogens is 2. The molecule has 0 radical (unpaired) electrons. The molecule has 6 heteroatoms. The largest absolute Gasteiger partial charge is 0.337 e. The molecule has 0 spiro atoms. The average molecular weight is 344 g/mol. The molecule has 3 aliphatic rings. The fraction of sp³-hybridized carbons (Fsp3) is 0.737. The highest BCUT2D eigenvalue weighted by molar-refractivity contribution is 5.79. The number of rotatable bonds is 3. The zero-order chi connectivity index (χ0) is 17.2. The van der Waals surface area contributed by atoms with Gasteiger partial charge in [-0.15, -0.1) is 0 Å². The Morgan fingerprint density at radius 3 is 2.80 bits per heavy atom. The zero-order valence-electron chi connectivity index (χ0n) is 15.1. The topological polar surface area (TPSA) is 62.5 Å². The fourth-order valence-electron chi connectivity index (χ4n) is 4.43. The van der Waals surface area contributed by atoms with Crippen molar-refractivity contribution in [3.63, 3.8) is 0 Å². The summed E-state index contributed by atoms with van der Waals surface area (Å²) in [5, 5.41) is 4.21. The van der Waals surface area contributed by atoms with Crippen LogP contribution in [0.5, 0.6) is 0 Å². The van der Waals surface area contributed by atoms with Crippen molar-refractivity contribution < 1.29 is 9.32 Å². The molecule has 1 aliphatic carbocycles. The van der Waals surface area contributed by atoms with Gasteiger partial charge in [0.15, 0.2) is 5.82 Å². The Hall–Kier alpha value is -1.69. The molecule has 0 aromatic carbocycles. The van der Waals surface area contributed by atoms with E-state index in [1.54, 1.807) is 0 Å². The normalized spacial score (nSPS) is 26.0. The molecular formula is C19H28N4O2. The summed E-state index contributed by atoms with van der Waals surface area (Å²) in [5.41, 5.74) is 1.13. The highest BCUT2D eigenvalue weighted by Gasteiger charge is 2.37. The smallest absolute Gasteiger partial charge is 0.249 e. The summed E-state index contributed by atoms with van der Waals surface area (Å²) in [4.78, 5) is 21.9. The fourth-order valence-corrected chi connectivity index (χ4v) is 4.43. The summed E-state index contributed by atoms with van der Waals surface area (Å²) in [5.74, 6) is 1.81. The van der Waals surface area contributed by atoms with Gasteiger partial charge in [0.2, 0.25) is 11.8 Å². The molecule has 1 saturated heterocycles. The third-order valence-electron chi connectivity index (χ3n) is 5.85. The lowest BCUT2D eigenvalue weighted by Gasteiger charge is -2.29. The average Bonchev–Trinajstić information content (AvgIpc) is 3.31. The molecular weight excluding hydrogens is 316 g/mol. The molecule has 2 aliphatic heterocycles. The Balaban J connectivity index is 1.49. The van der Waals surface area contributed by atoms with E-state index in [-0.39, 0.29) is 12.0 Å². The van der Waals surface area contributed by atoms with E-state index in [0.717, 1.165) is 57.3 Å². The van der Waals surface area contributed by atoms with Gasteiger partial charge < -0.3 is 14.3 Å². The molecule has 3 heterocycles. The lowest BCUT2D eigenvalue weighted by atomic mass is 9.88. The van der Waals surface area contributed by atoms with Gasteiger partial charge in [-0.2, -0.15) is 4.98 Å². The number of hydrogen-bond donors (Lipinski definition) is 0. The zero-order valence-corrected chi connectivity index (χ0v) is 15.1. The molecule has 136 valence electrons. The van der Waals surface area contributed by atoms with E-state index in [9.17, 15) is 4.79 Å². The van der Waals surface area contributed by atoms with Crippen molar-refractivity contribution in [2.45, 2.75) is 57.4 Å². The Morgan fingerprint density at radius 2 is 2.00 bits per heavy atom. The second-order valence-corrected chi connectivity index (χ2v) is 7.74. The number of hydrogen-bond acceptors (Lipinski definition) is 5. The van der Waals surface area contributed by atoms with Gasteiger partial charge in [-0.1, -0.05) is 30.5 Å². The first kappa shape index (κ1) is 16.8. The molecule has 0 bridgehead atoms. The van der Waals surface area contributed by atoms with Crippen molar-refractivity contribution >= 4 is 11.5 Å². The van der Waals surface area contributed by atoms with Crippen LogP contribution in [0.3, 0.4) is 0 Å². The maximum atomic E-state index is 13.0. The van der Waals surface area contributed by atoms with Crippen molar-refractivity contribution in [3.8, 4) is 0 Å². The SMILES string of the molecule is CN1CCC=C(c2noc([C@@H]3CCCN3C(=O)C3CCCCC3)n2)C1. The third-order valence-corrected chi connectivity index (χ3v) is 5.85. The summed E-state index contributed by atoms with van der Waals surface area (Å²) in [7, 11) is 2.11. The summed E-state index contributed by atoms with van der Waals surface area (Å²) in [6.07, 6.45) is 10.9. The molecule has 1 amide bonds. The lowest BCUT2D eigenvalue weighted by Crippen LogP contribution is -2.36. The van der Waals surface area contributed by atoms with Gasteiger partial charge in [-0.3, -0.25) is 4.79 Å². The highest BCUT2D eigenvalue weighted by atomic mass is 16.5. The Morgan fingerprint density at radius 1 is 1.16 bits per heavy atom.